The molecule has 1 N–H and O–H groups in total. The first-order valence-corrected chi connectivity index (χ1v) is 6.01. The number of methoxy groups -OCH3 is 1. The Hall–Kier alpha value is -2.57. The fraction of sp³-hybridized carbons (Fsp3) is 0.308. The van der Waals surface area contributed by atoms with Crippen LogP contribution >= 0.6 is 0 Å². The van der Waals surface area contributed by atoms with Crippen molar-refractivity contribution in [2.75, 3.05) is 12.4 Å². The molecule has 0 saturated heterocycles. The monoisotopic (exact) mass is 277 g/mol. The Bertz CT molecular complexity index is 617. The molecule has 0 spiro atoms. The summed E-state index contributed by atoms with van der Waals surface area (Å²) in [6.07, 6.45) is 0. The maximum atomic E-state index is 11.0. The van der Waals surface area contributed by atoms with E-state index < -0.39 is 4.92 Å². The maximum absolute atomic E-state index is 11.0. The van der Waals surface area contributed by atoms with Gasteiger partial charge >= 0.3 is 0 Å². The van der Waals surface area contributed by atoms with E-state index in [2.05, 4.69) is 10.5 Å². The summed E-state index contributed by atoms with van der Waals surface area (Å²) in [7, 11) is 1.51. The Balaban J connectivity index is 2.26. The fourth-order valence-electron chi connectivity index (χ4n) is 1.88. The molecule has 0 radical (unpaired) electrons. The van der Waals surface area contributed by atoms with Gasteiger partial charge in [-0.3, -0.25) is 10.1 Å². The number of benzene rings is 1. The van der Waals surface area contributed by atoms with Gasteiger partial charge in [-0.2, -0.15) is 0 Å². The smallest absolute Gasteiger partial charge is 0.292 e. The van der Waals surface area contributed by atoms with Crippen molar-refractivity contribution < 1.29 is 14.2 Å². The van der Waals surface area contributed by atoms with Crippen LogP contribution in [0.3, 0.4) is 0 Å². The van der Waals surface area contributed by atoms with E-state index in [0.717, 1.165) is 11.3 Å². The van der Waals surface area contributed by atoms with Crippen molar-refractivity contribution in [1.29, 1.82) is 0 Å². The number of nitro benzene ring substituents is 1. The highest BCUT2D eigenvalue weighted by Crippen LogP contribution is 2.29. The van der Waals surface area contributed by atoms with E-state index in [4.69, 9.17) is 9.26 Å². The number of nitrogens with one attached hydrogen (secondary N) is 1. The lowest BCUT2D eigenvalue weighted by Gasteiger charge is -2.08. The van der Waals surface area contributed by atoms with Gasteiger partial charge in [0.1, 0.15) is 17.2 Å². The Morgan fingerprint density at radius 3 is 2.75 bits per heavy atom. The largest absolute Gasteiger partial charge is 0.497 e. The molecule has 0 amide bonds. The lowest BCUT2D eigenvalue weighted by molar-refractivity contribution is -0.384. The SMILES string of the molecule is COc1ccc([N+](=O)[O-])c(NCc2c(C)noc2C)c1. The predicted molar refractivity (Wildman–Crippen MR) is 73.0 cm³/mol. The average molecular weight is 277 g/mol. The van der Waals surface area contributed by atoms with E-state index in [0.29, 0.717) is 23.7 Å². The second-order valence-corrected chi connectivity index (χ2v) is 4.30. The number of anilines is 1. The molecular formula is C13H15N3O4. The zero-order valence-corrected chi connectivity index (χ0v) is 11.5. The van der Waals surface area contributed by atoms with Gasteiger partial charge in [-0.25, -0.2) is 0 Å². The van der Waals surface area contributed by atoms with Gasteiger partial charge < -0.3 is 14.6 Å². The molecule has 2 aromatic rings. The number of hydrogen-bond acceptors (Lipinski definition) is 6. The molecule has 0 unspecified atom stereocenters. The van der Waals surface area contributed by atoms with Crippen LogP contribution in [0.25, 0.3) is 0 Å². The summed E-state index contributed by atoms with van der Waals surface area (Å²) in [6, 6.07) is 4.56. The van der Waals surface area contributed by atoms with Crippen LogP contribution in [-0.2, 0) is 6.54 Å². The Labute approximate surface area is 115 Å². The summed E-state index contributed by atoms with van der Waals surface area (Å²) in [4.78, 5) is 10.6. The number of nitro groups is 1. The van der Waals surface area contributed by atoms with Crippen LogP contribution in [0.2, 0.25) is 0 Å². The molecule has 0 aliphatic carbocycles. The zero-order chi connectivity index (χ0) is 14.7. The van der Waals surface area contributed by atoms with Crippen LogP contribution in [-0.4, -0.2) is 17.2 Å². The second-order valence-electron chi connectivity index (χ2n) is 4.30. The minimum absolute atomic E-state index is 0.00226. The standard InChI is InChI=1S/C13H15N3O4/c1-8-11(9(2)20-15-8)7-14-12-6-10(19-3)4-5-13(12)16(17)18/h4-6,14H,7H2,1-3H3. The normalized spacial score (nSPS) is 10.3. The molecule has 1 heterocycles. The minimum Gasteiger partial charge on any atom is -0.497 e. The van der Waals surface area contributed by atoms with Gasteiger partial charge in [0.05, 0.1) is 17.7 Å². The number of rotatable bonds is 5. The average Bonchev–Trinajstić information content (AvgIpc) is 2.75. The van der Waals surface area contributed by atoms with Crippen molar-refractivity contribution in [2.45, 2.75) is 20.4 Å². The molecule has 7 heteroatoms. The van der Waals surface area contributed by atoms with E-state index in [1.165, 1.54) is 13.2 Å². The molecule has 7 nitrogen and oxygen atoms in total. The summed E-state index contributed by atoms with van der Waals surface area (Å²) in [5.41, 5.74) is 2.05. The molecule has 0 atom stereocenters. The van der Waals surface area contributed by atoms with E-state index in [1.807, 2.05) is 6.92 Å². The highest BCUT2D eigenvalue weighted by molar-refractivity contribution is 5.64. The molecule has 0 fully saturated rings. The molecule has 0 saturated carbocycles. The number of ether oxygens (including phenoxy) is 1. The molecule has 0 aliphatic rings. The topological polar surface area (TPSA) is 90.4 Å². The first kappa shape index (κ1) is 13.9. The molecule has 20 heavy (non-hydrogen) atoms. The van der Waals surface area contributed by atoms with Gasteiger partial charge in [-0.05, 0) is 19.9 Å². The first-order chi connectivity index (χ1) is 9.52. The number of nitrogens with zero attached hydrogens (tertiary/aromatic N) is 2. The van der Waals surface area contributed by atoms with E-state index in [-0.39, 0.29) is 5.69 Å². The lowest BCUT2D eigenvalue weighted by atomic mass is 10.2. The maximum Gasteiger partial charge on any atom is 0.292 e. The van der Waals surface area contributed by atoms with Crippen molar-refractivity contribution in [3.8, 4) is 5.75 Å². The van der Waals surface area contributed by atoms with Crippen molar-refractivity contribution in [1.82, 2.24) is 5.16 Å². The number of aryl methyl sites for hydroxylation is 2. The van der Waals surface area contributed by atoms with E-state index in [1.54, 1.807) is 19.1 Å². The van der Waals surface area contributed by atoms with E-state index in [9.17, 15) is 10.1 Å². The van der Waals surface area contributed by atoms with Crippen LogP contribution in [0.15, 0.2) is 22.7 Å². The molecule has 0 bridgehead atoms. The van der Waals surface area contributed by atoms with Crippen LogP contribution < -0.4 is 10.1 Å². The lowest BCUT2D eigenvalue weighted by Crippen LogP contribution is -2.04. The second kappa shape index (κ2) is 5.60. The number of hydrogen-bond donors (Lipinski definition) is 1. The van der Waals surface area contributed by atoms with Crippen molar-refractivity contribution >= 4 is 11.4 Å². The predicted octanol–water partition coefficient (Wildman–Crippen LogP) is 2.82. The van der Waals surface area contributed by atoms with Crippen LogP contribution in [0.4, 0.5) is 11.4 Å². The van der Waals surface area contributed by atoms with E-state index >= 15 is 0 Å². The van der Waals surface area contributed by atoms with Crippen LogP contribution in [0, 0.1) is 24.0 Å². The highest BCUT2D eigenvalue weighted by Gasteiger charge is 2.16. The van der Waals surface area contributed by atoms with Gasteiger partial charge in [0.15, 0.2) is 0 Å². The highest BCUT2D eigenvalue weighted by atomic mass is 16.6. The molecule has 106 valence electrons. The van der Waals surface area contributed by atoms with Gasteiger partial charge in [-0.1, -0.05) is 5.16 Å². The summed E-state index contributed by atoms with van der Waals surface area (Å²) in [5, 5.41) is 17.9. The molecule has 0 aliphatic heterocycles. The Morgan fingerprint density at radius 2 is 2.20 bits per heavy atom. The van der Waals surface area contributed by atoms with Crippen molar-refractivity contribution in [2.24, 2.45) is 0 Å². The molecule has 1 aromatic heterocycles. The quantitative estimate of drug-likeness (QED) is 0.667. The summed E-state index contributed by atoms with van der Waals surface area (Å²) in [6.45, 7) is 4.03. The zero-order valence-electron chi connectivity index (χ0n) is 11.5. The third kappa shape index (κ3) is 2.71. The third-order valence-electron chi connectivity index (χ3n) is 3.04. The van der Waals surface area contributed by atoms with Crippen LogP contribution in [0.1, 0.15) is 17.0 Å². The van der Waals surface area contributed by atoms with Gasteiger partial charge in [0, 0.05) is 24.2 Å². The van der Waals surface area contributed by atoms with Gasteiger partial charge in [-0.15, -0.1) is 0 Å². The summed E-state index contributed by atoms with van der Waals surface area (Å²) < 4.78 is 10.1. The molecule has 2 rings (SSSR count). The van der Waals surface area contributed by atoms with Crippen molar-refractivity contribution in [3.63, 3.8) is 0 Å². The Morgan fingerprint density at radius 1 is 1.45 bits per heavy atom. The van der Waals surface area contributed by atoms with Gasteiger partial charge in [0.25, 0.3) is 5.69 Å². The third-order valence-corrected chi connectivity index (χ3v) is 3.04. The van der Waals surface area contributed by atoms with Gasteiger partial charge in [0.2, 0.25) is 0 Å². The Kier molecular flexibility index (Phi) is 3.88. The van der Waals surface area contributed by atoms with Crippen LogP contribution in [0.5, 0.6) is 5.75 Å². The summed E-state index contributed by atoms with van der Waals surface area (Å²) >= 11 is 0. The fourth-order valence-corrected chi connectivity index (χ4v) is 1.88. The molecule has 1 aromatic carbocycles. The minimum atomic E-state index is -0.435. The summed E-state index contributed by atoms with van der Waals surface area (Å²) in [5.74, 6) is 1.25. The van der Waals surface area contributed by atoms with Crippen molar-refractivity contribution in [3.05, 3.63) is 45.3 Å². The molecular weight excluding hydrogens is 262 g/mol. The first-order valence-electron chi connectivity index (χ1n) is 6.01. The number of aromatic nitrogens is 1.